The maximum atomic E-state index is 10.5. The van der Waals surface area contributed by atoms with Crippen LogP contribution in [0.2, 0.25) is 0 Å². The van der Waals surface area contributed by atoms with E-state index in [2.05, 4.69) is 15.0 Å². The second-order valence-corrected chi connectivity index (χ2v) is 5.71. The van der Waals surface area contributed by atoms with Crippen LogP contribution in [0.3, 0.4) is 0 Å². The molecule has 0 aliphatic rings. The number of halogens is 1. The van der Waals surface area contributed by atoms with Gasteiger partial charge < -0.3 is 5.11 Å². The second-order valence-electron chi connectivity index (χ2n) is 4.27. The predicted octanol–water partition coefficient (Wildman–Crippen LogP) is 3.15. The summed E-state index contributed by atoms with van der Waals surface area (Å²) in [6, 6.07) is 7.69. The molecular weight excluding hydrogens is 310 g/mol. The van der Waals surface area contributed by atoms with Crippen molar-refractivity contribution in [2.75, 3.05) is 5.75 Å². The molecule has 7 heteroatoms. The Bertz CT molecular complexity index is 635. The average Bonchev–Trinajstić information content (AvgIpc) is 2.47. The molecule has 0 amide bonds. The van der Waals surface area contributed by atoms with Gasteiger partial charge in [0.25, 0.3) is 0 Å². The maximum Gasteiger partial charge on any atom is 0.304 e. The average molecular weight is 324 g/mol. The molecule has 0 aliphatic carbocycles. The molecule has 1 heterocycles. The summed E-state index contributed by atoms with van der Waals surface area (Å²) in [6.07, 6.45) is 0.151. The number of thioether (sulfide) groups is 1. The molecule has 1 aromatic carbocycles. The van der Waals surface area contributed by atoms with Gasteiger partial charge in [0, 0.05) is 16.2 Å². The van der Waals surface area contributed by atoms with Gasteiger partial charge in [-0.15, -0.1) is 23.4 Å². The first-order chi connectivity index (χ1) is 10.1. The van der Waals surface area contributed by atoms with Gasteiger partial charge in [-0.25, -0.2) is 15.0 Å². The van der Waals surface area contributed by atoms with Crippen LogP contribution in [0.4, 0.5) is 0 Å². The number of aliphatic carboxylic acids is 1. The van der Waals surface area contributed by atoms with Gasteiger partial charge in [-0.05, 0) is 19.1 Å². The number of hydrogen-bond donors (Lipinski definition) is 1. The van der Waals surface area contributed by atoms with E-state index in [1.54, 1.807) is 6.92 Å². The number of alkyl halides is 1. The molecule has 21 heavy (non-hydrogen) atoms. The van der Waals surface area contributed by atoms with Gasteiger partial charge in [-0.1, -0.05) is 12.1 Å². The van der Waals surface area contributed by atoms with E-state index in [1.165, 1.54) is 11.8 Å². The third-order valence-corrected chi connectivity index (χ3v) is 3.86. The lowest BCUT2D eigenvalue weighted by Gasteiger charge is -2.05. The van der Waals surface area contributed by atoms with E-state index in [4.69, 9.17) is 16.7 Å². The summed E-state index contributed by atoms with van der Waals surface area (Å²) in [6.45, 7) is 1.80. The second kappa shape index (κ2) is 7.38. The Labute approximate surface area is 131 Å². The summed E-state index contributed by atoms with van der Waals surface area (Å²) in [5.41, 5.74) is 0.884. The van der Waals surface area contributed by atoms with Crippen LogP contribution in [0.25, 0.3) is 11.4 Å². The highest BCUT2D eigenvalue weighted by molar-refractivity contribution is 7.99. The lowest BCUT2D eigenvalue weighted by Crippen LogP contribution is -2.00. The Balaban J connectivity index is 2.11. The quantitative estimate of drug-likeness (QED) is 0.650. The fraction of sp³-hybridized carbons (Fsp3) is 0.286. The van der Waals surface area contributed by atoms with Crippen LogP contribution >= 0.6 is 23.4 Å². The summed E-state index contributed by atoms with van der Waals surface area (Å²) in [4.78, 5) is 24.2. The Morgan fingerprint density at radius 1 is 1.24 bits per heavy atom. The summed E-state index contributed by atoms with van der Waals surface area (Å²) in [5.74, 6) is 1.80. The zero-order valence-corrected chi connectivity index (χ0v) is 13.0. The topological polar surface area (TPSA) is 76.0 Å². The lowest BCUT2D eigenvalue weighted by molar-refractivity contribution is -0.136. The number of aryl methyl sites for hydroxylation is 1. The summed E-state index contributed by atoms with van der Waals surface area (Å²) in [5, 5.41) is 8.61. The molecule has 0 aliphatic heterocycles. The van der Waals surface area contributed by atoms with Crippen LogP contribution in [-0.4, -0.2) is 31.8 Å². The number of rotatable bonds is 6. The van der Waals surface area contributed by atoms with Gasteiger partial charge in [-0.3, -0.25) is 4.79 Å². The third-order valence-electron chi connectivity index (χ3n) is 2.61. The summed E-state index contributed by atoms with van der Waals surface area (Å²) in [7, 11) is 0. The van der Waals surface area contributed by atoms with Crippen molar-refractivity contribution >= 4 is 29.3 Å². The molecule has 0 unspecified atom stereocenters. The predicted molar refractivity (Wildman–Crippen MR) is 82.5 cm³/mol. The molecular formula is C14H14ClN3O2S. The number of carboxylic acid groups (broad SMARTS) is 1. The van der Waals surface area contributed by atoms with Crippen molar-refractivity contribution in [3.8, 4) is 11.4 Å². The van der Waals surface area contributed by atoms with Crippen LogP contribution in [0.1, 0.15) is 18.1 Å². The minimum Gasteiger partial charge on any atom is -0.481 e. The molecule has 0 saturated carbocycles. The highest BCUT2D eigenvalue weighted by atomic mass is 35.5. The van der Waals surface area contributed by atoms with Crippen LogP contribution in [-0.2, 0) is 10.7 Å². The molecule has 2 aromatic rings. The van der Waals surface area contributed by atoms with Crippen molar-refractivity contribution in [1.29, 1.82) is 0 Å². The Kier molecular flexibility index (Phi) is 5.52. The van der Waals surface area contributed by atoms with Gasteiger partial charge in [0.05, 0.1) is 12.3 Å². The van der Waals surface area contributed by atoms with Crippen molar-refractivity contribution in [3.05, 3.63) is 35.9 Å². The molecule has 0 atom stereocenters. The van der Waals surface area contributed by atoms with Gasteiger partial charge in [-0.2, -0.15) is 0 Å². The summed E-state index contributed by atoms with van der Waals surface area (Å²) >= 11 is 7.27. The van der Waals surface area contributed by atoms with E-state index in [1.807, 2.05) is 24.3 Å². The molecule has 1 aromatic heterocycles. The zero-order valence-electron chi connectivity index (χ0n) is 11.4. The van der Waals surface area contributed by atoms with Gasteiger partial charge in [0.1, 0.15) is 11.6 Å². The number of carboxylic acids is 1. The summed E-state index contributed by atoms with van der Waals surface area (Å²) < 4.78 is 0. The van der Waals surface area contributed by atoms with Crippen LogP contribution in [0, 0.1) is 6.92 Å². The van der Waals surface area contributed by atoms with Crippen molar-refractivity contribution < 1.29 is 9.90 Å². The van der Waals surface area contributed by atoms with Gasteiger partial charge >= 0.3 is 5.97 Å². The van der Waals surface area contributed by atoms with E-state index in [-0.39, 0.29) is 12.3 Å². The highest BCUT2D eigenvalue weighted by Gasteiger charge is 2.06. The number of hydrogen-bond acceptors (Lipinski definition) is 5. The first-order valence-corrected chi connectivity index (χ1v) is 7.83. The SMILES string of the molecule is Cc1nc(CCl)nc(-c2ccc(SCCC(=O)O)cc2)n1. The Hall–Kier alpha value is -1.66. The standard InChI is InChI=1S/C14H14ClN3O2S/c1-9-16-12(8-15)18-14(17-9)10-2-4-11(5-3-10)21-7-6-13(19)20/h2-5H,6-8H2,1H3,(H,19,20). The molecule has 1 N–H and O–H groups in total. The van der Waals surface area contributed by atoms with Crippen LogP contribution in [0.15, 0.2) is 29.2 Å². The van der Waals surface area contributed by atoms with Crippen LogP contribution in [0.5, 0.6) is 0 Å². The maximum absolute atomic E-state index is 10.5. The Morgan fingerprint density at radius 3 is 2.57 bits per heavy atom. The van der Waals surface area contributed by atoms with Gasteiger partial charge in [0.2, 0.25) is 0 Å². The number of carbonyl (C=O) groups is 1. The Morgan fingerprint density at radius 2 is 1.95 bits per heavy atom. The molecule has 0 fully saturated rings. The molecule has 2 rings (SSSR count). The molecule has 0 saturated heterocycles. The molecule has 5 nitrogen and oxygen atoms in total. The molecule has 110 valence electrons. The largest absolute Gasteiger partial charge is 0.481 e. The number of aromatic nitrogens is 3. The van der Waals surface area contributed by atoms with E-state index in [0.717, 1.165) is 10.5 Å². The van der Waals surface area contributed by atoms with Crippen molar-refractivity contribution in [3.63, 3.8) is 0 Å². The first-order valence-electron chi connectivity index (χ1n) is 6.31. The van der Waals surface area contributed by atoms with Gasteiger partial charge in [0.15, 0.2) is 5.82 Å². The van der Waals surface area contributed by atoms with Crippen molar-refractivity contribution in [1.82, 2.24) is 15.0 Å². The first kappa shape index (κ1) is 15.7. The third kappa shape index (κ3) is 4.68. The van der Waals surface area contributed by atoms with E-state index in [0.29, 0.717) is 23.2 Å². The number of nitrogens with zero attached hydrogens (tertiary/aromatic N) is 3. The molecule has 0 bridgehead atoms. The fourth-order valence-electron chi connectivity index (χ4n) is 1.68. The highest BCUT2D eigenvalue weighted by Crippen LogP contribution is 2.23. The fourth-order valence-corrected chi connectivity index (χ4v) is 2.64. The normalized spacial score (nSPS) is 10.6. The number of benzene rings is 1. The van der Waals surface area contributed by atoms with Crippen LogP contribution < -0.4 is 0 Å². The minimum absolute atomic E-state index is 0.151. The lowest BCUT2D eigenvalue weighted by atomic mass is 10.2. The van der Waals surface area contributed by atoms with E-state index >= 15 is 0 Å². The smallest absolute Gasteiger partial charge is 0.304 e. The molecule has 0 radical (unpaired) electrons. The monoisotopic (exact) mass is 323 g/mol. The van der Waals surface area contributed by atoms with Crippen molar-refractivity contribution in [2.24, 2.45) is 0 Å². The van der Waals surface area contributed by atoms with E-state index in [9.17, 15) is 4.79 Å². The molecule has 0 spiro atoms. The van der Waals surface area contributed by atoms with Crippen molar-refractivity contribution in [2.45, 2.75) is 24.1 Å². The minimum atomic E-state index is -0.784. The van der Waals surface area contributed by atoms with E-state index < -0.39 is 5.97 Å². The zero-order chi connectivity index (χ0) is 15.2.